The van der Waals surface area contributed by atoms with Crippen LogP contribution in [0.4, 0.5) is 5.69 Å². The van der Waals surface area contributed by atoms with E-state index in [4.69, 9.17) is 17.3 Å². The minimum Gasteiger partial charge on any atom is -0.478 e. The summed E-state index contributed by atoms with van der Waals surface area (Å²) in [6.45, 7) is 14.1. The highest BCUT2D eigenvalue weighted by molar-refractivity contribution is 14.1. The van der Waals surface area contributed by atoms with Crippen molar-refractivity contribution in [1.82, 2.24) is 0 Å². The van der Waals surface area contributed by atoms with Gasteiger partial charge >= 0.3 is 5.97 Å². The van der Waals surface area contributed by atoms with Crippen molar-refractivity contribution < 1.29 is 9.90 Å². The van der Waals surface area contributed by atoms with Crippen LogP contribution in [0.1, 0.15) is 15.9 Å². The molecule has 144 valence electrons. The minimum absolute atomic E-state index is 0.276. The number of hydrogen-bond acceptors (Lipinski definition) is 2. The van der Waals surface area contributed by atoms with Crippen molar-refractivity contribution >= 4 is 78.0 Å². The molecule has 2 N–H and O–H groups in total. The summed E-state index contributed by atoms with van der Waals surface area (Å²) in [4.78, 5) is 11.8. The molecule has 2 aromatic rings. The number of rotatable bonds is 5. The van der Waals surface area contributed by atoms with Crippen LogP contribution in [0.5, 0.6) is 0 Å². The summed E-state index contributed by atoms with van der Waals surface area (Å²) in [5.41, 5.74) is 2.15. The van der Waals surface area contributed by atoms with Crippen molar-refractivity contribution in [3.63, 3.8) is 0 Å². The number of nitrogens with one attached hydrogen (secondary N) is 1. The Kier molecular flexibility index (Phi) is 6.71. The second kappa shape index (κ2) is 8.14. The van der Waals surface area contributed by atoms with Gasteiger partial charge in [-0.25, -0.2) is 4.79 Å². The van der Waals surface area contributed by atoms with Gasteiger partial charge in [0.2, 0.25) is 0 Å². The normalized spacial score (nSPS) is 12.0. The van der Waals surface area contributed by atoms with E-state index in [2.05, 4.69) is 85.4 Å². The van der Waals surface area contributed by atoms with E-state index in [1.165, 1.54) is 10.4 Å². The predicted molar refractivity (Wildman–Crippen MR) is 134 cm³/mol. The first kappa shape index (κ1) is 22.3. The highest BCUT2D eigenvalue weighted by Crippen LogP contribution is 2.21. The smallest absolute Gasteiger partial charge is 0.335 e. The molecule has 0 atom stereocenters. The largest absolute Gasteiger partial charge is 0.478 e. The number of halogens is 1. The molecule has 2 aromatic carbocycles. The SMILES string of the molecule is C[Si](C)(C)c1cc(C(=S)Nc2ccc(C(=O)O)cc2I)cc([Si](C)(C)C)c1. The second-order valence-corrected chi connectivity index (χ2v) is 20.5. The van der Waals surface area contributed by atoms with Gasteiger partial charge in [0.05, 0.1) is 27.4 Å². The Balaban J connectivity index is 2.42. The molecule has 7 heteroatoms. The van der Waals surface area contributed by atoms with E-state index in [1.54, 1.807) is 18.2 Å². The molecule has 0 spiro atoms. The summed E-state index contributed by atoms with van der Waals surface area (Å²) in [5.74, 6) is -0.926. The fraction of sp³-hybridized carbons (Fsp3) is 0.300. The van der Waals surface area contributed by atoms with E-state index in [-0.39, 0.29) is 5.56 Å². The van der Waals surface area contributed by atoms with Crippen LogP contribution >= 0.6 is 34.8 Å². The van der Waals surface area contributed by atoms with Crippen molar-refractivity contribution in [2.24, 2.45) is 0 Å². The van der Waals surface area contributed by atoms with Gasteiger partial charge in [0, 0.05) is 9.13 Å². The maximum atomic E-state index is 11.1. The summed E-state index contributed by atoms with van der Waals surface area (Å²) in [6.07, 6.45) is 0. The standard InChI is InChI=1S/C20H26INO2SSi2/c1-26(2,3)15-9-14(10-16(12-15)27(4,5)6)19(25)22-18-8-7-13(20(23)24)11-17(18)21/h7-12H,1-6H3,(H,22,25)(H,23,24). The van der Waals surface area contributed by atoms with E-state index in [1.807, 2.05) is 0 Å². The number of aromatic carboxylic acids is 1. The summed E-state index contributed by atoms with van der Waals surface area (Å²) in [7, 11) is -2.95. The minimum atomic E-state index is -1.48. The molecule has 0 amide bonds. The zero-order valence-corrected chi connectivity index (χ0v) is 21.6. The van der Waals surface area contributed by atoms with E-state index < -0.39 is 22.1 Å². The third-order valence-electron chi connectivity index (χ3n) is 4.39. The lowest BCUT2D eigenvalue weighted by Crippen LogP contribution is -2.45. The van der Waals surface area contributed by atoms with Crippen molar-refractivity contribution in [2.75, 3.05) is 5.32 Å². The monoisotopic (exact) mass is 527 g/mol. The Hall–Kier alpha value is -1.04. The van der Waals surface area contributed by atoms with Gasteiger partial charge in [-0.2, -0.15) is 0 Å². The van der Waals surface area contributed by atoms with Crippen LogP contribution in [-0.4, -0.2) is 32.2 Å². The molecule has 0 heterocycles. The maximum Gasteiger partial charge on any atom is 0.335 e. The quantitative estimate of drug-likeness (QED) is 0.331. The van der Waals surface area contributed by atoms with Gasteiger partial charge in [-0.1, -0.05) is 80.1 Å². The van der Waals surface area contributed by atoms with Crippen LogP contribution in [0, 0.1) is 3.57 Å². The fourth-order valence-electron chi connectivity index (χ4n) is 2.57. The van der Waals surface area contributed by atoms with Gasteiger partial charge < -0.3 is 10.4 Å². The average molecular weight is 528 g/mol. The van der Waals surface area contributed by atoms with E-state index in [9.17, 15) is 4.79 Å². The molecule has 2 rings (SSSR count). The molecule has 0 bridgehead atoms. The van der Waals surface area contributed by atoms with Crippen molar-refractivity contribution in [2.45, 2.75) is 39.3 Å². The Labute approximate surface area is 182 Å². The molecule has 0 aliphatic rings. The Morgan fingerprint density at radius 1 is 0.926 bits per heavy atom. The van der Waals surface area contributed by atoms with E-state index in [0.29, 0.717) is 4.99 Å². The lowest BCUT2D eigenvalue weighted by atomic mass is 10.2. The van der Waals surface area contributed by atoms with Crippen LogP contribution in [0.2, 0.25) is 39.3 Å². The lowest BCUT2D eigenvalue weighted by Gasteiger charge is -2.24. The summed E-state index contributed by atoms with van der Waals surface area (Å²) < 4.78 is 0.835. The number of thiocarbonyl (C=S) groups is 1. The molecule has 0 saturated carbocycles. The fourth-order valence-corrected chi connectivity index (χ4v) is 5.95. The van der Waals surface area contributed by atoms with Crippen LogP contribution in [0.3, 0.4) is 0 Å². The Bertz CT molecular complexity index is 870. The molecule has 0 aliphatic carbocycles. The molecule has 0 radical (unpaired) electrons. The number of benzene rings is 2. The van der Waals surface area contributed by atoms with Gasteiger partial charge in [0.1, 0.15) is 4.99 Å². The molecule has 0 saturated heterocycles. The molecule has 0 fully saturated rings. The summed E-state index contributed by atoms with van der Waals surface area (Å²) in [6, 6.07) is 11.9. The van der Waals surface area contributed by atoms with Gasteiger partial charge in [0.15, 0.2) is 0 Å². The predicted octanol–water partition coefficient (Wildman–Crippen LogP) is 4.87. The van der Waals surface area contributed by atoms with Crippen LogP contribution in [0.25, 0.3) is 0 Å². The maximum absolute atomic E-state index is 11.1. The number of carbonyl (C=O) groups is 1. The van der Waals surface area contributed by atoms with Crippen LogP contribution in [0.15, 0.2) is 36.4 Å². The Morgan fingerprint density at radius 2 is 1.44 bits per heavy atom. The molecule has 3 nitrogen and oxygen atoms in total. The number of anilines is 1. The zero-order chi connectivity index (χ0) is 20.6. The van der Waals surface area contributed by atoms with Gasteiger partial charge in [-0.3, -0.25) is 0 Å². The van der Waals surface area contributed by atoms with Crippen LogP contribution in [-0.2, 0) is 0 Å². The highest BCUT2D eigenvalue weighted by atomic mass is 127. The number of carboxylic acids is 1. The van der Waals surface area contributed by atoms with E-state index in [0.717, 1.165) is 14.8 Å². The highest BCUT2D eigenvalue weighted by Gasteiger charge is 2.23. The molecule has 0 unspecified atom stereocenters. The van der Waals surface area contributed by atoms with Crippen molar-refractivity contribution in [3.05, 3.63) is 51.1 Å². The van der Waals surface area contributed by atoms with Gasteiger partial charge in [-0.05, 0) is 40.8 Å². The average Bonchev–Trinajstić information content (AvgIpc) is 2.54. The third-order valence-corrected chi connectivity index (χ3v) is 9.66. The number of hydrogen-bond donors (Lipinski definition) is 2. The molecular weight excluding hydrogens is 501 g/mol. The first-order valence-corrected chi connectivity index (χ1v) is 17.3. The van der Waals surface area contributed by atoms with Crippen molar-refractivity contribution in [3.8, 4) is 0 Å². The molecular formula is C20H26INO2SSi2. The lowest BCUT2D eigenvalue weighted by molar-refractivity contribution is 0.0697. The second-order valence-electron chi connectivity index (χ2n) is 8.75. The summed E-state index contributed by atoms with van der Waals surface area (Å²) in [5, 5.41) is 15.3. The van der Waals surface area contributed by atoms with Crippen molar-refractivity contribution in [1.29, 1.82) is 0 Å². The molecule has 0 aliphatic heterocycles. The molecule has 27 heavy (non-hydrogen) atoms. The zero-order valence-electron chi connectivity index (χ0n) is 16.6. The van der Waals surface area contributed by atoms with E-state index >= 15 is 0 Å². The first-order valence-electron chi connectivity index (χ1n) is 8.79. The van der Waals surface area contributed by atoms with Gasteiger partial charge in [-0.15, -0.1) is 0 Å². The topological polar surface area (TPSA) is 49.3 Å². The third kappa shape index (κ3) is 5.72. The van der Waals surface area contributed by atoms with Crippen LogP contribution < -0.4 is 15.7 Å². The first-order chi connectivity index (χ1) is 12.3. The van der Waals surface area contributed by atoms with Gasteiger partial charge in [0.25, 0.3) is 0 Å². The molecule has 0 aromatic heterocycles. The summed E-state index contributed by atoms with van der Waals surface area (Å²) >= 11 is 7.85. The number of carboxylic acid groups (broad SMARTS) is 1. The Morgan fingerprint density at radius 3 is 1.85 bits per heavy atom.